The van der Waals surface area contributed by atoms with Crippen LogP contribution in [0.4, 0.5) is 0 Å². The summed E-state index contributed by atoms with van der Waals surface area (Å²) in [5.41, 5.74) is 2.83. The van der Waals surface area contributed by atoms with Gasteiger partial charge in [0, 0.05) is 10.5 Å². The van der Waals surface area contributed by atoms with Gasteiger partial charge in [0.25, 0.3) is 0 Å². The zero-order valence-corrected chi connectivity index (χ0v) is 13.0. The lowest BCUT2D eigenvalue weighted by Gasteiger charge is -2.01. The van der Waals surface area contributed by atoms with Crippen LogP contribution in [0, 0.1) is 6.92 Å². The van der Waals surface area contributed by atoms with Crippen molar-refractivity contribution in [3.8, 4) is 0 Å². The van der Waals surface area contributed by atoms with Gasteiger partial charge in [-0.2, -0.15) is 0 Å². The molecule has 0 fully saturated rings. The summed E-state index contributed by atoms with van der Waals surface area (Å²) in [6, 6.07) is 9.90. The van der Waals surface area contributed by atoms with Crippen molar-refractivity contribution in [3.63, 3.8) is 0 Å². The smallest absolute Gasteiger partial charge is 0.307 e. The highest BCUT2D eigenvalue weighted by Gasteiger charge is 2.13. The van der Waals surface area contributed by atoms with Gasteiger partial charge in [0.1, 0.15) is 5.01 Å². The number of hydrogen-bond donors (Lipinski definition) is 1. The molecule has 0 aliphatic rings. The number of fused-ring (bicyclic) bond motifs is 1. The molecule has 3 aromatic rings. The van der Waals surface area contributed by atoms with E-state index < -0.39 is 5.97 Å². The van der Waals surface area contributed by atoms with Crippen LogP contribution in [0.1, 0.15) is 21.9 Å². The molecule has 0 saturated carbocycles. The van der Waals surface area contributed by atoms with E-state index in [-0.39, 0.29) is 6.42 Å². The molecule has 106 valence electrons. The predicted molar refractivity (Wildman–Crippen MR) is 88.8 cm³/mol. The zero-order chi connectivity index (χ0) is 14.8. The number of rotatable bonds is 4. The highest BCUT2D eigenvalue weighted by Crippen LogP contribution is 2.31. The molecule has 0 bridgehead atoms. The molecule has 2 aromatic heterocycles. The minimum Gasteiger partial charge on any atom is -0.481 e. The summed E-state index contributed by atoms with van der Waals surface area (Å²) in [6.07, 6.45) is 1.93. The van der Waals surface area contributed by atoms with Gasteiger partial charge in [0.15, 0.2) is 0 Å². The molecule has 1 N–H and O–H groups in total. The van der Waals surface area contributed by atoms with E-state index in [1.165, 1.54) is 11.3 Å². The topological polar surface area (TPSA) is 50.2 Å². The Labute approximate surface area is 130 Å². The highest BCUT2D eigenvalue weighted by atomic mass is 32.1. The number of hydrogen-bond acceptors (Lipinski definition) is 4. The fourth-order valence-corrected chi connectivity index (χ4v) is 3.91. The van der Waals surface area contributed by atoms with Crippen LogP contribution >= 0.6 is 22.7 Å². The van der Waals surface area contributed by atoms with Gasteiger partial charge >= 0.3 is 5.97 Å². The van der Waals surface area contributed by atoms with Crippen molar-refractivity contribution in [1.82, 2.24) is 4.98 Å². The third kappa shape index (κ3) is 3.04. The second-order valence-corrected chi connectivity index (χ2v) is 6.67. The first-order valence-electron chi connectivity index (χ1n) is 6.46. The van der Waals surface area contributed by atoms with Crippen molar-refractivity contribution in [1.29, 1.82) is 0 Å². The molecular weight excluding hydrogens is 302 g/mol. The number of thiophene rings is 1. The van der Waals surface area contributed by atoms with E-state index >= 15 is 0 Å². The van der Waals surface area contributed by atoms with Crippen molar-refractivity contribution in [3.05, 3.63) is 51.2 Å². The van der Waals surface area contributed by atoms with Gasteiger partial charge in [0.05, 0.1) is 16.6 Å². The number of aromatic nitrogens is 1. The maximum Gasteiger partial charge on any atom is 0.307 e. The fourth-order valence-electron chi connectivity index (χ4n) is 2.05. The molecule has 3 rings (SSSR count). The summed E-state index contributed by atoms with van der Waals surface area (Å²) >= 11 is 3.15. The molecule has 0 aliphatic carbocycles. The number of aryl methyl sites for hydroxylation is 1. The average Bonchev–Trinajstić information content (AvgIpc) is 3.04. The maximum absolute atomic E-state index is 11.2. The van der Waals surface area contributed by atoms with Crippen LogP contribution < -0.4 is 0 Å². The Morgan fingerprint density at radius 1 is 1.33 bits per heavy atom. The van der Waals surface area contributed by atoms with E-state index in [9.17, 15) is 4.79 Å². The summed E-state index contributed by atoms with van der Waals surface area (Å²) in [4.78, 5) is 16.8. The SMILES string of the molecule is Cc1ccsc1C=C(CC(=O)O)c1nc2ccccc2s1. The number of carbonyl (C=O) groups is 1. The molecule has 0 atom stereocenters. The minimum absolute atomic E-state index is 0.0167. The third-order valence-electron chi connectivity index (χ3n) is 3.12. The Bertz CT molecular complexity index is 797. The number of carboxylic acids is 1. The number of aliphatic carboxylic acids is 1. The molecule has 2 heterocycles. The zero-order valence-electron chi connectivity index (χ0n) is 11.4. The lowest BCUT2D eigenvalue weighted by atomic mass is 10.1. The molecule has 0 saturated heterocycles. The van der Waals surface area contributed by atoms with Crippen molar-refractivity contribution in [2.45, 2.75) is 13.3 Å². The van der Waals surface area contributed by atoms with Crippen molar-refractivity contribution in [2.24, 2.45) is 0 Å². The molecule has 21 heavy (non-hydrogen) atoms. The second-order valence-electron chi connectivity index (χ2n) is 4.69. The first kappa shape index (κ1) is 14.0. The summed E-state index contributed by atoms with van der Waals surface area (Å²) < 4.78 is 1.08. The standard InChI is InChI=1S/C16H13NO2S2/c1-10-6-7-20-14(10)8-11(9-15(18)19)16-17-12-4-2-3-5-13(12)21-16/h2-8H,9H2,1H3,(H,18,19). The Balaban J connectivity index is 2.08. The van der Waals surface area contributed by atoms with Gasteiger partial charge in [-0.25, -0.2) is 4.98 Å². The molecule has 3 nitrogen and oxygen atoms in total. The Morgan fingerprint density at radius 2 is 2.14 bits per heavy atom. The number of carboxylic acid groups (broad SMARTS) is 1. The van der Waals surface area contributed by atoms with Crippen molar-refractivity contribution >= 4 is 50.5 Å². The van der Waals surface area contributed by atoms with Crippen LogP contribution in [-0.2, 0) is 4.79 Å². The van der Waals surface area contributed by atoms with Crippen molar-refractivity contribution < 1.29 is 9.90 Å². The van der Waals surface area contributed by atoms with E-state index in [0.29, 0.717) is 0 Å². The molecule has 0 unspecified atom stereocenters. The second kappa shape index (κ2) is 5.79. The Morgan fingerprint density at radius 3 is 2.81 bits per heavy atom. The molecule has 0 radical (unpaired) electrons. The first-order chi connectivity index (χ1) is 10.1. The molecule has 5 heteroatoms. The summed E-state index contributed by atoms with van der Waals surface area (Å²) in [5.74, 6) is -0.838. The van der Waals surface area contributed by atoms with Crippen LogP contribution in [0.3, 0.4) is 0 Å². The molecule has 1 aromatic carbocycles. The number of benzene rings is 1. The molecule has 0 aliphatic heterocycles. The quantitative estimate of drug-likeness (QED) is 0.760. The molecular formula is C16H13NO2S2. The lowest BCUT2D eigenvalue weighted by Crippen LogP contribution is -1.96. The molecule has 0 spiro atoms. The van der Waals surface area contributed by atoms with Crippen molar-refractivity contribution in [2.75, 3.05) is 0 Å². The fraction of sp³-hybridized carbons (Fsp3) is 0.125. The summed E-state index contributed by atoms with van der Waals surface area (Å²) in [5, 5.41) is 12.0. The maximum atomic E-state index is 11.2. The first-order valence-corrected chi connectivity index (χ1v) is 8.15. The largest absolute Gasteiger partial charge is 0.481 e. The van der Waals surface area contributed by atoms with Gasteiger partial charge in [0.2, 0.25) is 0 Å². The van der Waals surface area contributed by atoms with E-state index in [0.717, 1.165) is 31.2 Å². The van der Waals surface area contributed by atoms with Gasteiger partial charge in [-0.05, 0) is 42.1 Å². The third-order valence-corrected chi connectivity index (χ3v) is 5.20. The van der Waals surface area contributed by atoms with Gasteiger partial charge < -0.3 is 5.11 Å². The lowest BCUT2D eigenvalue weighted by molar-refractivity contribution is -0.135. The number of thiazole rings is 1. The number of nitrogens with zero attached hydrogens (tertiary/aromatic N) is 1. The summed E-state index contributed by atoms with van der Waals surface area (Å²) in [6.45, 7) is 2.03. The van der Waals surface area contributed by atoms with Crippen LogP contribution in [0.2, 0.25) is 0 Å². The van der Waals surface area contributed by atoms with Crippen LogP contribution in [0.25, 0.3) is 21.9 Å². The summed E-state index contributed by atoms with van der Waals surface area (Å²) in [7, 11) is 0. The van der Waals surface area contributed by atoms with E-state index in [1.54, 1.807) is 11.3 Å². The average molecular weight is 315 g/mol. The van der Waals surface area contributed by atoms with Crippen LogP contribution in [0.5, 0.6) is 0 Å². The predicted octanol–water partition coefficient (Wildman–Crippen LogP) is 4.68. The van der Waals surface area contributed by atoms with E-state index in [2.05, 4.69) is 4.98 Å². The Hall–Kier alpha value is -1.98. The van der Waals surface area contributed by atoms with Crippen LogP contribution in [-0.4, -0.2) is 16.1 Å². The van der Waals surface area contributed by atoms with E-state index in [1.807, 2.05) is 48.7 Å². The van der Waals surface area contributed by atoms with Gasteiger partial charge in [-0.1, -0.05) is 12.1 Å². The normalized spacial score (nSPS) is 12.0. The monoisotopic (exact) mass is 315 g/mol. The molecule has 0 amide bonds. The van der Waals surface area contributed by atoms with E-state index in [4.69, 9.17) is 5.11 Å². The number of para-hydroxylation sites is 1. The highest BCUT2D eigenvalue weighted by molar-refractivity contribution is 7.19. The van der Waals surface area contributed by atoms with Gasteiger partial charge in [-0.15, -0.1) is 22.7 Å². The van der Waals surface area contributed by atoms with Gasteiger partial charge in [-0.3, -0.25) is 4.79 Å². The Kier molecular flexibility index (Phi) is 3.86. The minimum atomic E-state index is -0.838. The van der Waals surface area contributed by atoms with Crippen LogP contribution in [0.15, 0.2) is 35.7 Å².